The standard InChI is InChI=1S/C11H18N2O4S2/c1-8-4-5-10(12)11(9(8)2)13-19(16,17)7-6-18(3,14)15/h4-5,13H,6-7,12H2,1-3H3. The summed E-state index contributed by atoms with van der Waals surface area (Å²) in [6.07, 6.45) is 0.995. The number of sulfonamides is 1. The molecule has 3 N–H and O–H groups in total. The maximum absolute atomic E-state index is 11.8. The fourth-order valence-electron chi connectivity index (χ4n) is 1.44. The predicted molar refractivity (Wildman–Crippen MR) is 77.4 cm³/mol. The maximum Gasteiger partial charge on any atom is 0.233 e. The van der Waals surface area contributed by atoms with Gasteiger partial charge in [-0.2, -0.15) is 0 Å². The van der Waals surface area contributed by atoms with Gasteiger partial charge in [0, 0.05) is 6.26 Å². The highest BCUT2D eigenvalue weighted by Gasteiger charge is 2.17. The van der Waals surface area contributed by atoms with Gasteiger partial charge < -0.3 is 5.73 Å². The van der Waals surface area contributed by atoms with Crippen molar-refractivity contribution in [2.24, 2.45) is 0 Å². The molecule has 8 heteroatoms. The largest absolute Gasteiger partial charge is 0.397 e. The van der Waals surface area contributed by atoms with E-state index in [9.17, 15) is 16.8 Å². The Balaban J connectivity index is 3.00. The highest BCUT2D eigenvalue weighted by Crippen LogP contribution is 2.26. The third-order valence-corrected chi connectivity index (χ3v) is 5.21. The molecular weight excluding hydrogens is 288 g/mol. The van der Waals surface area contributed by atoms with E-state index < -0.39 is 31.4 Å². The monoisotopic (exact) mass is 306 g/mol. The minimum atomic E-state index is -3.74. The summed E-state index contributed by atoms with van der Waals surface area (Å²) in [4.78, 5) is 0. The van der Waals surface area contributed by atoms with Crippen molar-refractivity contribution in [3.05, 3.63) is 23.3 Å². The van der Waals surface area contributed by atoms with E-state index in [1.54, 1.807) is 19.1 Å². The van der Waals surface area contributed by atoms with Crippen molar-refractivity contribution in [2.75, 3.05) is 28.2 Å². The molecule has 6 nitrogen and oxygen atoms in total. The number of nitrogens with one attached hydrogen (secondary N) is 1. The lowest BCUT2D eigenvalue weighted by atomic mass is 10.1. The summed E-state index contributed by atoms with van der Waals surface area (Å²) < 4.78 is 48.0. The zero-order chi connectivity index (χ0) is 14.8. The van der Waals surface area contributed by atoms with Crippen molar-refractivity contribution in [3.63, 3.8) is 0 Å². The number of hydrogen-bond donors (Lipinski definition) is 2. The van der Waals surface area contributed by atoms with E-state index in [4.69, 9.17) is 5.73 Å². The molecule has 0 atom stereocenters. The highest BCUT2D eigenvalue weighted by molar-refractivity contribution is 7.95. The van der Waals surface area contributed by atoms with Crippen LogP contribution in [0, 0.1) is 13.8 Å². The Hall–Kier alpha value is -1.28. The van der Waals surface area contributed by atoms with Gasteiger partial charge in [0.2, 0.25) is 10.0 Å². The zero-order valence-corrected chi connectivity index (χ0v) is 12.7. The second-order valence-electron chi connectivity index (χ2n) is 4.52. The van der Waals surface area contributed by atoms with Crippen molar-refractivity contribution >= 4 is 31.2 Å². The third-order valence-electron chi connectivity index (χ3n) is 2.75. The second-order valence-corrected chi connectivity index (χ2v) is 8.62. The SMILES string of the molecule is Cc1ccc(N)c(NS(=O)(=O)CCS(C)(=O)=O)c1C. The Kier molecular flexibility index (Phi) is 4.46. The Morgan fingerprint density at radius 2 is 1.68 bits per heavy atom. The van der Waals surface area contributed by atoms with E-state index in [2.05, 4.69) is 4.72 Å². The van der Waals surface area contributed by atoms with Crippen LogP contribution in [0.1, 0.15) is 11.1 Å². The maximum atomic E-state index is 11.8. The van der Waals surface area contributed by atoms with Gasteiger partial charge in [0.05, 0.1) is 22.9 Å². The Bertz CT molecular complexity index is 679. The smallest absolute Gasteiger partial charge is 0.233 e. The van der Waals surface area contributed by atoms with Crippen molar-refractivity contribution in [1.82, 2.24) is 0 Å². The van der Waals surface area contributed by atoms with Gasteiger partial charge in [-0.25, -0.2) is 16.8 Å². The molecule has 108 valence electrons. The van der Waals surface area contributed by atoms with E-state index in [1.165, 1.54) is 0 Å². The van der Waals surface area contributed by atoms with Gasteiger partial charge in [-0.1, -0.05) is 6.07 Å². The molecule has 0 unspecified atom stereocenters. The van der Waals surface area contributed by atoms with Crippen molar-refractivity contribution < 1.29 is 16.8 Å². The minimum absolute atomic E-state index is 0.311. The number of hydrogen-bond acceptors (Lipinski definition) is 5. The Morgan fingerprint density at radius 3 is 2.21 bits per heavy atom. The van der Waals surface area contributed by atoms with E-state index >= 15 is 0 Å². The van der Waals surface area contributed by atoms with Gasteiger partial charge in [-0.05, 0) is 31.0 Å². The Labute approximate surface area is 114 Å². The molecule has 0 saturated heterocycles. The minimum Gasteiger partial charge on any atom is -0.397 e. The van der Waals surface area contributed by atoms with Crippen molar-refractivity contribution in [2.45, 2.75) is 13.8 Å². The molecule has 0 amide bonds. The molecule has 0 aliphatic rings. The van der Waals surface area contributed by atoms with Crippen molar-refractivity contribution in [1.29, 1.82) is 0 Å². The first-order chi connectivity index (χ1) is 8.52. The zero-order valence-electron chi connectivity index (χ0n) is 11.1. The molecular formula is C11H18N2O4S2. The van der Waals surface area contributed by atoms with Gasteiger partial charge in [0.1, 0.15) is 9.84 Å². The summed E-state index contributed by atoms with van der Waals surface area (Å²) in [6.45, 7) is 3.59. The van der Waals surface area contributed by atoms with Gasteiger partial charge in [0.15, 0.2) is 0 Å². The normalized spacial score (nSPS) is 12.4. The van der Waals surface area contributed by atoms with Crippen LogP contribution in [-0.4, -0.2) is 34.6 Å². The number of aryl methyl sites for hydroxylation is 1. The molecule has 0 fully saturated rings. The fraction of sp³-hybridized carbons (Fsp3) is 0.455. The quantitative estimate of drug-likeness (QED) is 0.778. The first-order valence-electron chi connectivity index (χ1n) is 5.56. The topological polar surface area (TPSA) is 106 Å². The highest BCUT2D eigenvalue weighted by atomic mass is 32.2. The molecule has 1 aromatic carbocycles. The summed E-state index contributed by atoms with van der Waals surface area (Å²) in [5.41, 5.74) is 7.98. The van der Waals surface area contributed by atoms with Crippen LogP contribution >= 0.6 is 0 Å². The van der Waals surface area contributed by atoms with Crippen LogP contribution in [0.5, 0.6) is 0 Å². The molecule has 0 heterocycles. The molecule has 0 aromatic heterocycles. The number of rotatable bonds is 5. The molecule has 0 spiro atoms. The van der Waals surface area contributed by atoms with Crippen LogP contribution in [0.4, 0.5) is 11.4 Å². The average molecular weight is 306 g/mol. The number of sulfone groups is 1. The summed E-state index contributed by atoms with van der Waals surface area (Å²) in [6, 6.07) is 3.40. The van der Waals surface area contributed by atoms with Gasteiger partial charge >= 0.3 is 0 Å². The average Bonchev–Trinajstić information content (AvgIpc) is 2.27. The van der Waals surface area contributed by atoms with Crippen LogP contribution in [0.15, 0.2) is 12.1 Å². The first kappa shape index (κ1) is 15.8. The van der Waals surface area contributed by atoms with E-state index in [1.807, 2.05) is 6.92 Å². The Morgan fingerprint density at radius 1 is 1.11 bits per heavy atom. The van der Waals surface area contributed by atoms with Crippen LogP contribution < -0.4 is 10.5 Å². The van der Waals surface area contributed by atoms with Crippen LogP contribution in [-0.2, 0) is 19.9 Å². The summed E-state index contributed by atoms with van der Waals surface area (Å²) in [5.74, 6) is -0.911. The molecule has 0 bridgehead atoms. The first-order valence-corrected chi connectivity index (χ1v) is 9.27. The second kappa shape index (κ2) is 5.38. The molecule has 0 saturated carbocycles. The van der Waals surface area contributed by atoms with Gasteiger partial charge in [-0.3, -0.25) is 4.72 Å². The van der Waals surface area contributed by atoms with Crippen molar-refractivity contribution in [3.8, 4) is 0 Å². The molecule has 1 aromatic rings. The lowest BCUT2D eigenvalue weighted by molar-refractivity contribution is 0.593. The number of anilines is 2. The van der Waals surface area contributed by atoms with Gasteiger partial charge in [0.25, 0.3) is 0 Å². The van der Waals surface area contributed by atoms with Gasteiger partial charge in [-0.15, -0.1) is 0 Å². The summed E-state index contributed by atoms with van der Waals surface area (Å²) in [7, 11) is -7.07. The molecule has 19 heavy (non-hydrogen) atoms. The molecule has 0 aliphatic carbocycles. The number of nitrogens with two attached hydrogens (primary N) is 1. The van der Waals surface area contributed by atoms with Crippen LogP contribution in [0.2, 0.25) is 0 Å². The van der Waals surface area contributed by atoms with E-state index in [0.717, 1.165) is 17.4 Å². The van der Waals surface area contributed by atoms with Crippen LogP contribution in [0.25, 0.3) is 0 Å². The summed E-state index contributed by atoms with van der Waals surface area (Å²) >= 11 is 0. The lowest BCUT2D eigenvalue weighted by Gasteiger charge is -2.14. The van der Waals surface area contributed by atoms with E-state index in [-0.39, 0.29) is 0 Å². The fourth-order valence-corrected chi connectivity index (χ4v) is 4.21. The predicted octanol–water partition coefficient (Wildman–Crippen LogP) is 0.672. The summed E-state index contributed by atoms with van der Waals surface area (Å²) in [5, 5.41) is 0. The number of benzene rings is 1. The number of nitrogen functional groups attached to an aromatic ring is 1. The third kappa shape index (κ3) is 4.71. The molecule has 1 rings (SSSR count). The van der Waals surface area contributed by atoms with E-state index in [0.29, 0.717) is 11.4 Å². The van der Waals surface area contributed by atoms with Crippen LogP contribution in [0.3, 0.4) is 0 Å². The molecule has 0 radical (unpaired) electrons. The molecule has 0 aliphatic heterocycles. The lowest BCUT2D eigenvalue weighted by Crippen LogP contribution is -2.23.